The van der Waals surface area contributed by atoms with E-state index in [1.54, 1.807) is 4.68 Å². The molecule has 0 radical (unpaired) electrons. The zero-order chi connectivity index (χ0) is 19.3. The van der Waals surface area contributed by atoms with Gasteiger partial charge in [-0.1, -0.05) is 71.9 Å². The summed E-state index contributed by atoms with van der Waals surface area (Å²) in [5, 5.41) is 8.47. The Morgan fingerprint density at radius 1 is 0.821 bits per heavy atom. The lowest BCUT2D eigenvalue weighted by Gasteiger charge is -2.11. The van der Waals surface area contributed by atoms with Gasteiger partial charge in [-0.05, 0) is 47.7 Å². The van der Waals surface area contributed by atoms with Crippen LogP contribution in [0.5, 0.6) is 0 Å². The lowest BCUT2D eigenvalue weighted by atomic mass is 9.97. The number of aromatic nitrogens is 3. The van der Waals surface area contributed by atoms with E-state index in [1.165, 1.54) is 22.3 Å². The van der Waals surface area contributed by atoms with Crippen molar-refractivity contribution in [1.29, 1.82) is 0 Å². The first-order valence-electron chi connectivity index (χ1n) is 9.41. The minimum atomic E-state index is 0.431. The number of hydrogen-bond donors (Lipinski definition) is 0. The summed E-state index contributed by atoms with van der Waals surface area (Å²) >= 11 is 0. The molecule has 0 saturated carbocycles. The molecule has 140 valence electrons. The van der Waals surface area contributed by atoms with E-state index in [0.717, 1.165) is 16.9 Å². The van der Waals surface area contributed by atoms with Crippen LogP contribution in [0.15, 0.2) is 79.0 Å². The second kappa shape index (κ2) is 8.19. The van der Waals surface area contributed by atoms with Gasteiger partial charge in [0.05, 0.1) is 25.1 Å². The maximum absolute atomic E-state index is 5.94. The van der Waals surface area contributed by atoms with Crippen LogP contribution >= 0.6 is 0 Å². The molecule has 4 aromatic rings. The predicted octanol–water partition coefficient (Wildman–Crippen LogP) is 5.27. The first-order valence-corrected chi connectivity index (χ1v) is 9.41. The van der Waals surface area contributed by atoms with Gasteiger partial charge in [-0.25, -0.2) is 4.68 Å². The van der Waals surface area contributed by atoms with Gasteiger partial charge < -0.3 is 4.74 Å². The highest BCUT2D eigenvalue weighted by molar-refractivity contribution is 5.68. The number of hydrogen-bond acceptors (Lipinski definition) is 3. The van der Waals surface area contributed by atoms with Crippen LogP contribution in [0.1, 0.15) is 22.4 Å². The third kappa shape index (κ3) is 3.87. The van der Waals surface area contributed by atoms with Gasteiger partial charge in [0, 0.05) is 0 Å². The molecule has 0 N–H and O–H groups in total. The number of benzene rings is 3. The minimum Gasteiger partial charge on any atom is -0.370 e. The molecular formula is C24H23N3O. The third-order valence-corrected chi connectivity index (χ3v) is 4.94. The highest BCUT2D eigenvalue weighted by Crippen LogP contribution is 2.26. The summed E-state index contributed by atoms with van der Waals surface area (Å²) < 4.78 is 7.74. The van der Waals surface area contributed by atoms with E-state index < -0.39 is 0 Å². The van der Waals surface area contributed by atoms with E-state index in [2.05, 4.69) is 72.7 Å². The van der Waals surface area contributed by atoms with Crippen LogP contribution in [-0.2, 0) is 18.0 Å². The van der Waals surface area contributed by atoms with Crippen molar-refractivity contribution in [2.75, 3.05) is 0 Å². The van der Waals surface area contributed by atoms with Crippen molar-refractivity contribution < 1.29 is 4.74 Å². The van der Waals surface area contributed by atoms with Crippen molar-refractivity contribution in [2.24, 2.45) is 0 Å². The summed E-state index contributed by atoms with van der Waals surface area (Å²) in [4.78, 5) is 0. The van der Waals surface area contributed by atoms with Crippen LogP contribution in [0, 0.1) is 13.8 Å². The molecule has 1 heterocycles. The van der Waals surface area contributed by atoms with Crippen molar-refractivity contribution in [3.8, 4) is 16.8 Å². The molecule has 1 aromatic heterocycles. The van der Waals surface area contributed by atoms with Crippen molar-refractivity contribution >= 4 is 0 Å². The standard InChI is InChI=1S/C24H23N3O/c1-18-9-6-7-14-24(18)27-15-22(25-26-27)17-28-16-21-12-8-13-23(19(21)2)20-10-4-3-5-11-20/h3-15H,16-17H2,1-2H3. The van der Waals surface area contributed by atoms with Crippen molar-refractivity contribution in [3.05, 3.63) is 101 Å². The molecule has 0 atom stereocenters. The van der Waals surface area contributed by atoms with Gasteiger partial charge in [-0.3, -0.25) is 0 Å². The van der Waals surface area contributed by atoms with Gasteiger partial charge >= 0.3 is 0 Å². The average molecular weight is 369 g/mol. The molecule has 4 rings (SSSR count). The Morgan fingerprint density at radius 2 is 1.61 bits per heavy atom. The predicted molar refractivity (Wildman–Crippen MR) is 111 cm³/mol. The van der Waals surface area contributed by atoms with Crippen LogP contribution in [0.2, 0.25) is 0 Å². The van der Waals surface area contributed by atoms with Gasteiger partial charge in [0.2, 0.25) is 0 Å². The molecule has 0 saturated heterocycles. The second-order valence-corrected chi connectivity index (χ2v) is 6.89. The Bertz CT molecular complexity index is 1070. The summed E-state index contributed by atoms with van der Waals surface area (Å²) in [6.07, 6.45) is 1.93. The lowest BCUT2D eigenvalue weighted by molar-refractivity contribution is 0.104. The average Bonchev–Trinajstić information content (AvgIpc) is 3.19. The third-order valence-electron chi connectivity index (χ3n) is 4.94. The van der Waals surface area contributed by atoms with Crippen LogP contribution in [0.3, 0.4) is 0 Å². The molecule has 4 heteroatoms. The topological polar surface area (TPSA) is 39.9 Å². The van der Waals surface area contributed by atoms with Crippen molar-refractivity contribution in [2.45, 2.75) is 27.1 Å². The highest BCUT2D eigenvalue weighted by Gasteiger charge is 2.08. The fraction of sp³-hybridized carbons (Fsp3) is 0.167. The van der Waals surface area contributed by atoms with Gasteiger partial charge in [0.1, 0.15) is 5.69 Å². The summed E-state index contributed by atoms with van der Waals surface area (Å²) in [6.45, 7) is 5.19. The summed E-state index contributed by atoms with van der Waals surface area (Å²) in [5.74, 6) is 0. The Kier molecular flexibility index (Phi) is 5.31. The van der Waals surface area contributed by atoms with Crippen molar-refractivity contribution in [3.63, 3.8) is 0 Å². The highest BCUT2D eigenvalue weighted by atomic mass is 16.5. The van der Waals surface area contributed by atoms with Crippen LogP contribution in [-0.4, -0.2) is 15.0 Å². The number of nitrogens with zero attached hydrogens (tertiary/aromatic N) is 3. The summed E-state index contributed by atoms with van der Waals surface area (Å²) in [6, 6.07) is 24.9. The van der Waals surface area contributed by atoms with Gasteiger partial charge in [0.25, 0.3) is 0 Å². The first kappa shape index (κ1) is 18.1. The van der Waals surface area contributed by atoms with Crippen molar-refractivity contribution in [1.82, 2.24) is 15.0 Å². The Balaban J connectivity index is 1.43. The molecule has 0 aliphatic heterocycles. The Morgan fingerprint density at radius 3 is 2.43 bits per heavy atom. The van der Waals surface area contributed by atoms with E-state index in [1.807, 2.05) is 30.5 Å². The lowest BCUT2D eigenvalue weighted by Crippen LogP contribution is -1.98. The molecular weight excluding hydrogens is 346 g/mol. The van der Waals surface area contributed by atoms with Crippen LogP contribution < -0.4 is 0 Å². The summed E-state index contributed by atoms with van der Waals surface area (Å²) in [7, 11) is 0. The SMILES string of the molecule is Cc1ccccc1-n1cc(COCc2cccc(-c3ccccc3)c2C)nn1. The van der Waals surface area contributed by atoms with E-state index in [0.29, 0.717) is 13.2 Å². The van der Waals surface area contributed by atoms with E-state index in [9.17, 15) is 0 Å². The number of para-hydroxylation sites is 1. The normalized spacial score (nSPS) is 10.9. The molecule has 3 aromatic carbocycles. The quantitative estimate of drug-likeness (QED) is 0.465. The number of ether oxygens (including phenoxy) is 1. The molecule has 0 spiro atoms. The fourth-order valence-electron chi connectivity index (χ4n) is 3.34. The number of rotatable bonds is 6. The molecule has 0 aliphatic rings. The van der Waals surface area contributed by atoms with Gasteiger partial charge in [-0.15, -0.1) is 5.10 Å². The van der Waals surface area contributed by atoms with E-state index in [-0.39, 0.29) is 0 Å². The van der Waals surface area contributed by atoms with Gasteiger partial charge in [0.15, 0.2) is 0 Å². The largest absolute Gasteiger partial charge is 0.370 e. The monoisotopic (exact) mass is 369 g/mol. The Labute approximate surface area is 165 Å². The molecule has 0 amide bonds. The van der Waals surface area contributed by atoms with Crippen LogP contribution in [0.4, 0.5) is 0 Å². The minimum absolute atomic E-state index is 0.431. The van der Waals surface area contributed by atoms with Crippen LogP contribution in [0.25, 0.3) is 16.8 Å². The molecule has 0 bridgehead atoms. The molecule has 4 nitrogen and oxygen atoms in total. The molecule has 0 unspecified atom stereocenters. The second-order valence-electron chi connectivity index (χ2n) is 6.89. The van der Waals surface area contributed by atoms with E-state index in [4.69, 9.17) is 4.74 Å². The zero-order valence-corrected chi connectivity index (χ0v) is 16.2. The van der Waals surface area contributed by atoms with E-state index >= 15 is 0 Å². The summed E-state index contributed by atoms with van der Waals surface area (Å²) in [5.41, 5.74) is 7.92. The molecule has 28 heavy (non-hydrogen) atoms. The zero-order valence-electron chi connectivity index (χ0n) is 16.2. The molecule has 0 fully saturated rings. The fourth-order valence-corrected chi connectivity index (χ4v) is 3.34. The number of aryl methyl sites for hydroxylation is 1. The smallest absolute Gasteiger partial charge is 0.109 e. The first-order chi connectivity index (χ1) is 13.7. The molecule has 0 aliphatic carbocycles. The maximum atomic E-state index is 5.94. The maximum Gasteiger partial charge on any atom is 0.109 e. The Hall–Kier alpha value is -3.24. The van der Waals surface area contributed by atoms with Gasteiger partial charge in [-0.2, -0.15) is 0 Å².